The standard InChI is InChI=1S/C16H20N4OS/c21-16(19-5-3-13-4-9-22-12-13)14-2-1-8-20(11-14)15-10-17-6-7-18-15/h4,6-7,9-10,12,14H,1-3,5,8,11H2,(H,19,21). The zero-order chi connectivity index (χ0) is 15.2. The Morgan fingerprint density at radius 1 is 1.45 bits per heavy atom. The summed E-state index contributed by atoms with van der Waals surface area (Å²) < 4.78 is 0. The lowest BCUT2D eigenvalue weighted by Gasteiger charge is -2.32. The topological polar surface area (TPSA) is 58.1 Å². The molecule has 0 aliphatic carbocycles. The van der Waals surface area contributed by atoms with Crippen LogP contribution in [0.2, 0.25) is 0 Å². The van der Waals surface area contributed by atoms with Gasteiger partial charge in [-0.3, -0.25) is 9.78 Å². The van der Waals surface area contributed by atoms with Crippen LogP contribution in [0.4, 0.5) is 5.82 Å². The van der Waals surface area contributed by atoms with Crippen molar-refractivity contribution >= 4 is 23.1 Å². The van der Waals surface area contributed by atoms with Gasteiger partial charge in [-0.15, -0.1) is 0 Å². The normalized spacial score (nSPS) is 18.2. The number of rotatable bonds is 5. The quantitative estimate of drug-likeness (QED) is 0.918. The van der Waals surface area contributed by atoms with Gasteiger partial charge >= 0.3 is 0 Å². The van der Waals surface area contributed by atoms with Crippen LogP contribution in [-0.4, -0.2) is 35.5 Å². The lowest BCUT2D eigenvalue weighted by molar-refractivity contribution is -0.125. The first kappa shape index (κ1) is 15.0. The number of thiophene rings is 1. The molecule has 0 saturated carbocycles. The highest BCUT2D eigenvalue weighted by atomic mass is 32.1. The Labute approximate surface area is 134 Å². The number of nitrogens with one attached hydrogen (secondary N) is 1. The lowest BCUT2D eigenvalue weighted by atomic mass is 9.97. The predicted octanol–water partition coefficient (Wildman–Crippen LogP) is 2.11. The van der Waals surface area contributed by atoms with Crippen molar-refractivity contribution < 1.29 is 4.79 Å². The molecular weight excluding hydrogens is 296 g/mol. The molecule has 0 aromatic carbocycles. The second-order valence-corrected chi connectivity index (χ2v) is 6.30. The van der Waals surface area contributed by atoms with Gasteiger partial charge in [0, 0.05) is 32.0 Å². The molecule has 1 atom stereocenters. The number of anilines is 1. The van der Waals surface area contributed by atoms with Gasteiger partial charge in [0.25, 0.3) is 0 Å². The first-order valence-electron chi connectivity index (χ1n) is 7.62. The molecule has 6 heteroatoms. The van der Waals surface area contributed by atoms with Crippen molar-refractivity contribution in [1.82, 2.24) is 15.3 Å². The van der Waals surface area contributed by atoms with E-state index in [0.717, 1.165) is 38.2 Å². The van der Waals surface area contributed by atoms with E-state index in [2.05, 4.69) is 37.0 Å². The Morgan fingerprint density at radius 3 is 3.18 bits per heavy atom. The number of hydrogen-bond acceptors (Lipinski definition) is 5. The van der Waals surface area contributed by atoms with Crippen molar-refractivity contribution in [1.29, 1.82) is 0 Å². The molecular formula is C16H20N4OS. The Bertz CT molecular complexity index is 587. The van der Waals surface area contributed by atoms with Crippen LogP contribution in [0.5, 0.6) is 0 Å². The largest absolute Gasteiger partial charge is 0.355 e. The Kier molecular flexibility index (Phi) is 5.00. The maximum atomic E-state index is 12.3. The van der Waals surface area contributed by atoms with Crippen LogP contribution in [0.3, 0.4) is 0 Å². The van der Waals surface area contributed by atoms with E-state index in [0.29, 0.717) is 6.54 Å². The molecule has 0 spiro atoms. The van der Waals surface area contributed by atoms with Crippen molar-refractivity contribution in [3.05, 3.63) is 41.0 Å². The lowest BCUT2D eigenvalue weighted by Crippen LogP contribution is -2.43. The molecule has 1 fully saturated rings. The summed E-state index contributed by atoms with van der Waals surface area (Å²) in [4.78, 5) is 22.9. The third-order valence-electron chi connectivity index (χ3n) is 3.96. The average molecular weight is 316 g/mol. The summed E-state index contributed by atoms with van der Waals surface area (Å²) >= 11 is 1.69. The molecule has 1 amide bonds. The number of amides is 1. The molecule has 1 aliphatic rings. The Balaban J connectivity index is 1.49. The van der Waals surface area contributed by atoms with Crippen LogP contribution in [0, 0.1) is 5.92 Å². The summed E-state index contributed by atoms with van der Waals surface area (Å²) in [6, 6.07) is 2.10. The zero-order valence-corrected chi connectivity index (χ0v) is 13.3. The van der Waals surface area contributed by atoms with Gasteiger partial charge in [0.05, 0.1) is 12.1 Å². The van der Waals surface area contributed by atoms with E-state index >= 15 is 0 Å². The van der Waals surface area contributed by atoms with E-state index in [-0.39, 0.29) is 11.8 Å². The predicted molar refractivity (Wildman–Crippen MR) is 88.0 cm³/mol. The van der Waals surface area contributed by atoms with Crippen LogP contribution >= 0.6 is 11.3 Å². The van der Waals surface area contributed by atoms with E-state index in [4.69, 9.17) is 0 Å². The second kappa shape index (κ2) is 7.35. The van der Waals surface area contributed by atoms with E-state index in [1.165, 1.54) is 5.56 Å². The highest BCUT2D eigenvalue weighted by Crippen LogP contribution is 2.20. The minimum absolute atomic E-state index is 0.0400. The molecule has 5 nitrogen and oxygen atoms in total. The SMILES string of the molecule is O=C(NCCc1ccsc1)C1CCCN(c2cnccn2)C1. The number of nitrogens with zero attached hydrogens (tertiary/aromatic N) is 3. The number of carbonyl (C=O) groups excluding carboxylic acids is 1. The highest BCUT2D eigenvalue weighted by molar-refractivity contribution is 7.07. The van der Waals surface area contributed by atoms with E-state index < -0.39 is 0 Å². The van der Waals surface area contributed by atoms with Gasteiger partial charge in [-0.1, -0.05) is 0 Å². The average Bonchev–Trinajstić information content (AvgIpc) is 3.09. The number of aromatic nitrogens is 2. The van der Waals surface area contributed by atoms with Gasteiger partial charge in [0.1, 0.15) is 5.82 Å². The van der Waals surface area contributed by atoms with Crippen molar-refractivity contribution in [3.63, 3.8) is 0 Å². The monoisotopic (exact) mass is 316 g/mol. The van der Waals surface area contributed by atoms with Gasteiger partial charge in [-0.2, -0.15) is 11.3 Å². The molecule has 2 aromatic rings. The number of piperidine rings is 1. The Hall–Kier alpha value is -1.95. The van der Waals surface area contributed by atoms with Crippen molar-refractivity contribution in [2.75, 3.05) is 24.5 Å². The molecule has 3 rings (SSSR count). The summed E-state index contributed by atoms with van der Waals surface area (Å²) in [6.45, 7) is 2.37. The third-order valence-corrected chi connectivity index (χ3v) is 4.69. The van der Waals surface area contributed by atoms with Crippen LogP contribution in [0.25, 0.3) is 0 Å². The molecule has 0 radical (unpaired) electrons. The number of carbonyl (C=O) groups is 1. The van der Waals surface area contributed by atoms with Crippen LogP contribution in [0.1, 0.15) is 18.4 Å². The van der Waals surface area contributed by atoms with Crippen molar-refractivity contribution in [2.45, 2.75) is 19.3 Å². The molecule has 2 aromatic heterocycles. The fourth-order valence-electron chi connectivity index (χ4n) is 2.76. The van der Waals surface area contributed by atoms with E-state index in [1.54, 1.807) is 29.9 Å². The smallest absolute Gasteiger partial charge is 0.224 e. The van der Waals surface area contributed by atoms with Gasteiger partial charge in [0.15, 0.2) is 0 Å². The Morgan fingerprint density at radius 2 is 2.41 bits per heavy atom. The molecule has 1 aliphatic heterocycles. The van der Waals surface area contributed by atoms with E-state index in [1.807, 2.05) is 0 Å². The summed E-state index contributed by atoms with van der Waals surface area (Å²) in [5.41, 5.74) is 1.29. The summed E-state index contributed by atoms with van der Waals surface area (Å²) in [7, 11) is 0. The maximum absolute atomic E-state index is 12.3. The van der Waals surface area contributed by atoms with Crippen LogP contribution in [-0.2, 0) is 11.2 Å². The van der Waals surface area contributed by atoms with E-state index in [9.17, 15) is 4.79 Å². The number of hydrogen-bond donors (Lipinski definition) is 1. The first-order valence-corrected chi connectivity index (χ1v) is 8.57. The molecule has 22 heavy (non-hydrogen) atoms. The maximum Gasteiger partial charge on any atom is 0.224 e. The molecule has 3 heterocycles. The summed E-state index contributed by atoms with van der Waals surface area (Å²) in [6.07, 6.45) is 7.98. The second-order valence-electron chi connectivity index (χ2n) is 5.52. The van der Waals surface area contributed by atoms with Crippen molar-refractivity contribution in [3.8, 4) is 0 Å². The molecule has 1 unspecified atom stereocenters. The summed E-state index contributed by atoms with van der Waals surface area (Å²) in [5.74, 6) is 1.06. The first-order chi connectivity index (χ1) is 10.8. The molecule has 1 N–H and O–H groups in total. The third kappa shape index (κ3) is 3.82. The fraction of sp³-hybridized carbons (Fsp3) is 0.438. The van der Waals surface area contributed by atoms with Gasteiger partial charge < -0.3 is 10.2 Å². The summed E-state index contributed by atoms with van der Waals surface area (Å²) in [5, 5.41) is 7.26. The highest BCUT2D eigenvalue weighted by Gasteiger charge is 2.26. The van der Waals surface area contributed by atoms with Gasteiger partial charge in [-0.05, 0) is 41.7 Å². The van der Waals surface area contributed by atoms with Crippen molar-refractivity contribution in [2.24, 2.45) is 5.92 Å². The minimum Gasteiger partial charge on any atom is -0.355 e. The molecule has 116 valence electrons. The molecule has 0 bridgehead atoms. The van der Waals surface area contributed by atoms with Gasteiger partial charge in [0.2, 0.25) is 5.91 Å². The minimum atomic E-state index is 0.0400. The van der Waals surface area contributed by atoms with Crippen LogP contribution < -0.4 is 10.2 Å². The van der Waals surface area contributed by atoms with Gasteiger partial charge in [-0.25, -0.2) is 4.98 Å². The van der Waals surface area contributed by atoms with Crippen LogP contribution in [0.15, 0.2) is 35.4 Å². The molecule has 1 saturated heterocycles. The fourth-order valence-corrected chi connectivity index (χ4v) is 3.47. The zero-order valence-electron chi connectivity index (χ0n) is 12.4.